The van der Waals surface area contributed by atoms with E-state index in [-0.39, 0.29) is 27.6 Å². The predicted molar refractivity (Wildman–Crippen MR) is 116 cm³/mol. The number of anilines is 1. The number of hydrogen-bond acceptors (Lipinski definition) is 5. The van der Waals surface area contributed by atoms with Crippen molar-refractivity contribution in [1.82, 2.24) is 4.57 Å². The van der Waals surface area contributed by atoms with E-state index in [1.54, 1.807) is 12.1 Å². The van der Waals surface area contributed by atoms with Gasteiger partial charge in [-0.15, -0.1) is 4.40 Å². The van der Waals surface area contributed by atoms with Gasteiger partial charge in [0.25, 0.3) is 10.0 Å². The molecule has 172 valence electrons. The zero-order chi connectivity index (χ0) is 24.2. The van der Waals surface area contributed by atoms with Crippen LogP contribution in [0.1, 0.15) is 5.56 Å². The monoisotopic (exact) mass is 474 g/mol. The van der Waals surface area contributed by atoms with Crippen molar-refractivity contribution in [2.75, 3.05) is 5.32 Å². The van der Waals surface area contributed by atoms with Crippen LogP contribution in [0.4, 0.5) is 14.9 Å². The van der Waals surface area contributed by atoms with Crippen LogP contribution in [-0.4, -0.2) is 30.1 Å². The van der Waals surface area contributed by atoms with Gasteiger partial charge >= 0.3 is 6.09 Å². The van der Waals surface area contributed by atoms with Crippen molar-refractivity contribution in [2.45, 2.75) is 18.4 Å². The second kappa shape index (κ2) is 9.53. The fourth-order valence-electron chi connectivity index (χ4n) is 2.75. The molecule has 0 aliphatic carbocycles. The summed E-state index contributed by atoms with van der Waals surface area (Å²) >= 11 is 0. The Hall–Kier alpha value is -4.19. The van der Waals surface area contributed by atoms with Crippen molar-refractivity contribution in [1.29, 1.82) is 0 Å². The molecule has 0 radical (unpaired) electrons. The number of halogens is 1. The van der Waals surface area contributed by atoms with E-state index in [4.69, 9.17) is 15.6 Å². The molecular weight excluding hydrogens is 455 g/mol. The van der Waals surface area contributed by atoms with Gasteiger partial charge in [0, 0.05) is 18.0 Å². The summed E-state index contributed by atoms with van der Waals surface area (Å²) < 4.78 is 50.0. The third-order valence-corrected chi connectivity index (χ3v) is 5.54. The molecule has 3 rings (SSSR count). The van der Waals surface area contributed by atoms with Gasteiger partial charge in [0.15, 0.2) is 11.6 Å². The molecule has 12 heteroatoms. The van der Waals surface area contributed by atoms with E-state index >= 15 is 0 Å². The number of carboxylic acid groups (broad SMARTS) is 1. The molecule has 2 amide bonds. The van der Waals surface area contributed by atoms with E-state index in [1.807, 2.05) is 12.2 Å². The van der Waals surface area contributed by atoms with Crippen LogP contribution >= 0.6 is 0 Å². The molecule has 3 aromatic rings. The highest BCUT2D eigenvalue weighted by atomic mass is 32.2. The summed E-state index contributed by atoms with van der Waals surface area (Å²) in [4.78, 5) is 22.1. The Morgan fingerprint density at radius 3 is 2.45 bits per heavy atom. The lowest BCUT2D eigenvalue weighted by molar-refractivity contribution is -0.118. The molecule has 2 aromatic carbocycles. The highest BCUT2D eigenvalue weighted by Crippen LogP contribution is 2.26. The van der Waals surface area contributed by atoms with Crippen LogP contribution in [-0.2, 0) is 21.4 Å². The van der Waals surface area contributed by atoms with Gasteiger partial charge in [0.05, 0.1) is 4.90 Å². The Bertz CT molecular complexity index is 1380. The van der Waals surface area contributed by atoms with Crippen LogP contribution in [0.15, 0.2) is 70.1 Å². The predicted octanol–water partition coefficient (Wildman–Crippen LogP) is 2.59. The molecule has 0 aliphatic heterocycles. The molecule has 0 fully saturated rings. The second-order valence-corrected chi connectivity index (χ2v) is 8.48. The summed E-state index contributed by atoms with van der Waals surface area (Å²) in [6.07, 6.45) is -0.104. The number of aryl methyl sites for hydroxylation is 1. The van der Waals surface area contributed by atoms with Crippen LogP contribution in [0.25, 0.3) is 0 Å². The number of benzene rings is 2. The van der Waals surface area contributed by atoms with E-state index < -0.39 is 34.4 Å². The SMILES string of the molecule is Cc1ccc(S(=O)(=O)N=c2ccc(Oc3ccc(NC(=O)O)cc3F)cn2CC(N)=O)cc1. The van der Waals surface area contributed by atoms with Gasteiger partial charge in [0.2, 0.25) is 5.91 Å². The first-order chi connectivity index (χ1) is 15.5. The third kappa shape index (κ3) is 6.17. The first-order valence-electron chi connectivity index (χ1n) is 9.37. The molecule has 0 saturated heterocycles. The minimum absolute atomic E-state index is 0.00611. The molecule has 10 nitrogen and oxygen atoms in total. The quantitative estimate of drug-likeness (QED) is 0.478. The highest BCUT2D eigenvalue weighted by molar-refractivity contribution is 7.90. The molecule has 1 heterocycles. The van der Waals surface area contributed by atoms with Crippen LogP contribution in [0, 0.1) is 12.7 Å². The number of amides is 2. The van der Waals surface area contributed by atoms with Gasteiger partial charge in [-0.25, -0.2) is 9.18 Å². The lowest BCUT2D eigenvalue weighted by atomic mass is 10.2. The topological polar surface area (TPSA) is 153 Å². The molecule has 33 heavy (non-hydrogen) atoms. The van der Waals surface area contributed by atoms with Crippen LogP contribution < -0.4 is 21.3 Å². The molecular formula is C21H19FN4O6S. The van der Waals surface area contributed by atoms with Crippen molar-refractivity contribution >= 4 is 27.7 Å². The average molecular weight is 474 g/mol. The number of carbonyl (C=O) groups is 2. The van der Waals surface area contributed by atoms with Crippen molar-refractivity contribution in [3.63, 3.8) is 0 Å². The van der Waals surface area contributed by atoms with Crippen molar-refractivity contribution in [3.8, 4) is 11.5 Å². The maximum atomic E-state index is 14.3. The number of hydrogen-bond donors (Lipinski definition) is 3. The third-order valence-electron chi connectivity index (χ3n) is 4.24. The molecule has 0 unspecified atom stereocenters. The minimum Gasteiger partial charge on any atom is -0.465 e. The minimum atomic E-state index is -4.09. The van der Waals surface area contributed by atoms with Gasteiger partial charge < -0.3 is 20.1 Å². The number of nitrogens with zero attached hydrogens (tertiary/aromatic N) is 2. The van der Waals surface area contributed by atoms with Gasteiger partial charge in [-0.1, -0.05) is 17.7 Å². The Morgan fingerprint density at radius 1 is 1.15 bits per heavy atom. The molecule has 0 spiro atoms. The van der Waals surface area contributed by atoms with Gasteiger partial charge in [-0.3, -0.25) is 10.1 Å². The number of primary amides is 1. The lowest BCUT2D eigenvalue weighted by Gasteiger charge is -2.11. The number of pyridine rings is 1. The molecule has 1 aromatic heterocycles. The summed E-state index contributed by atoms with van der Waals surface area (Å²) in [6.45, 7) is 1.40. The normalized spacial score (nSPS) is 11.8. The molecule has 0 atom stereocenters. The van der Waals surface area contributed by atoms with E-state index in [0.717, 1.165) is 16.2 Å². The van der Waals surface area contributed by atoms with Crippen LogP contribution in [0.5, 0.6) is 11.5 Å². The zero-order valence-corrected chi connectivity index (χ0v) is 18.0. The fraction of sp³-hybridized carbons (Fsp3) is 0.0952. The number of ether oxygens (including phenoxy) is 1. The van der Waals surface area contributed by atoms with Crippen molar-refractivity contribution in [3.05, 3.63) is 77.7 Å². The number of sulfonamides is 1. The number of nitrogens with one attached hydrogen (secondary N) is 1. The number of rotatable bonds is 7. The highest BCUT2D eigenvalue weighted by Gasteiger charge is 2.14. The van der Waals surface area contributed by atoms with E-state index in [1.165, 1.54) is 42.6 Å². The Labute approximate surface area is 187 Å². The largest absolute Gasteiger partial charge is 0.465 e. The number of nitrogens with two attached hydrogens (primary N) is 1. The van der Waals surface area contributed by atoms with Gasteiger partial charge in [-0.2, -0.15) is 8.42 Å². The van der Waals surface area contributed by atoms with Gasteiger partial charge in [-0.05, 0) is 43.3 Å². The van der Waals surface area contributed by atoms with E-state index in [0.29, 0.717) is 0 Å². The maximum absolute atomic E-state index is 14.3. The molecule has 4 N–H and O–H groups in total. The smallest absolute Gasteiger partial charge is 0.409 e. The van der Waals surface area contributed by atoms with E-state index in [9.17, 15) is 22.4 Å². The zero-order valence-electron chi connectivity index (χ0n) is 17.2. The number of carbonyl (C=O) groups excluding carboxylic acids is 1. The summed E-state index contributed by atoms with van der Waals surface area (Å²) in [7, 11) is -4.09. The molecule has 0 aliphatic rings. The summed E-state index contributed by atoms with van der Waals surface area (Å²) in [5.41, 5.74) is 6.05. The van der Waals surface area contributed by atoms with Crippen molar-refractivity contribution < 1.29 is 32.2 Å². The Morgan fingerprint density at radius 2 is 1.85 bits per heavy atom. The Kier molecular flexibility index (Phi) is 6.78. The first-order valence-corrected chi connectivity index (χ1v) is 10.8. The van der Waals surface area contributed by atoms with Crippen LogP contribution in [0.2, 0.25) is 0 Å². The summed E-state index contributed by atoms with van der Waals surface area (Å²) in [5.74, 6) is -1.79. The maximum Gasteiger partial charge on any atom is 0.409 e. The van der Waals surface area contributed by atoms with Crippen molar-refractivity contribution in [2.24, 2.45) is 10.1 Å². The summed E-state index contributed by atoms with van der Waals surface area (Å²) in [5, 5.41) is 10.7. The lowest BCUT2D eigenvalue weighted by Crippen LogP contribution is -2.28. The second-order valence-electron chi connectivity index (χ2n) is 6.87. The Balaban J connectivity index is 1.97. The average Bonchev–Trinajstić information content (AvgIpc) is 2.71. The van der Waals surface area contributed by atoms with E-state index in [2.05, 4.69) is 4.40 Å². The molecule has 0 bridgehead atoms. The van der Waals surface area contributed by atoms with Gasteiger partial charge in [0.1, 0.15) is 17.8 Å². The van der Waals surface area contributed by atoms with Crippen LogP contribution in [0.3, 0.4) is 0 Å². The molecule has 0 saturated carbocycles. The summed E-state index contributed by atoms with van der Waals surface area (Å²) in [6, 6.07) is 12.1. The first kappa shape index (κ1) is 23.5. The standard InChI is InChI=1S/C21H19FN4O6S/c1-13-2-6-16(7-3-13)33(30,31)25-20-9-5-15(11-26(20)12-19(23)27)32-18-8-4-14(10-17(18)22)24-21(28)29/h2-11,24H,12H2,1H3,(H2,23,27)(H,28,29). The fourth-order valence-corrected chi connectivity index (χ4v) is 3.75. The number of aromatic nitrogens is 1.